The molecular formula is C15H24. The Morgan fingerprint density at radius 2 is 1.73 bits per heavy atom. The Labute approximate surface area is 95.7 Å². The van der Waals surface area contributed by atoms with Gasteiger partial charge < -0.3 is 0 Å². The van der Waals surface area contributed by atoms with Crippen molar-refractivity contribution in [3.63, 3.8) is 0 Å². The van der Waals surface area contributed by atoms with Crippen LogP contribution in [0.5, 0.6) is 0 Å². The van der Waals surface area contributed by atoms with Crippen molar-refractivity contribution in [1.82, 2.24) is 0 Å². The number of rotatable bonds is 4. The third-order valence-electron chi connectivity index (χ3n) is 2.39. The Morgan fingerprint density at radius 1 is 1.13 bits per heavy atom. The maximum Gasteiger partial charge on any atom is -0.0238 e. The van der Waals surface area contributed by atoms with Crippen LogP contribution in [-0.4, -0.2) is 0 Å². The third-order valence-corrected chi connectivity index (χ3v) is 2.39. The molecule has 0 aliphatic heterocycles. The van der Waals surface area contributed by atoms with Crippen molar-refractivity contribution in [3.05, 3.63) is 49.7 Å². The van der Waals surface area contributed by atoms with Crippen LogP contribution in [0.1, 0.15) is 45.1 Å². The second kappa shape index (κ2) is 9.76. The van der Waals surface area contributed by atoms with Gasteiger partial charge in [0.25, 0.3) is 0 Å². The molecule has 1 aromatic carbocycles. The van der Waals surface area contributed by atoms with E-state index in [1.807, 2.05) is 30.3 Å². The first kappa shape index (κ1) is 14.2. The molecule has 0 spiro atoms. The minimum Gasteiger partial charge on any atom is -0.0654 e. The van der Waals surface area contributed by atoms with Crippen LogP contribution >= 0.6 is 0 Å². The van der Waals surface area contributed by atoms with E-state index < -0.39 is 0 Å². The average Bonchev–Trinajstić information content (AvgIpc) is 2.28. The van der Waals surface area contributed by atoms with Crippen molar-refractivity contribution in [3.8, 4) is 0 Å². The van der Waals surface area contributed by atoms with E-state index in [4.69, 9.17) is 0 Å². The van der Waals surface area contributed by atoms with E-state index in [2.05, 4.69) is 27.7 Å². The molecule has 0 aliphatic rings. The first-order chi connectivity index (χ1) is 7.20. The predicted octanol–water partition coefficient (Wildman–Crippen LogP) is 4.91. The van der Waals surface area contributed by atoms with E-state index in [1.165, 1.54) is 25.7 Å². The van der Waals surface area contributed by atoms with E-state index in [0.717, 1.165) is 5.56 Å². The van der Waals surface area contributed by atoms with Crippen molar-refractivity contribution in [1.29, 1.82) is 0 Å². The molecule has 0 saturated carbocycles. The summed E-state index contributed by atoms with van der Waals surface area (Å²) in [6.07, 6.45) is 5.21. The topological polar surface area (TPSA) is 0 Å². The second-order valence-corrected chi connectivity index (χ2v) is 3.90. The smallest absolute Gasteiger partial charge is 0.0238 e. The summed E-state index contributed by atoms with van der Waals surface area (Å²) >= 11 is 0. The number of benzene rings is 1. The van der Waals surface area contributed by atoms with E-state index in [1.54, 1.807) is 0 Å². The van der Waals surface area contributed by atoms with Gasteiger partial charge in [-0.3, -0.25) is 0 Å². The zero-order valence-corrected chi connectivity index (χ0v) is 10.2. The number of hydrogen-bond acceptors (Lipinski definition) is 0. The lowest BCUT2D eigenvalue weighted by Gasteiger charge is -2.04. The highest BCUT2D eigenvalue weighted by molar-refractivity contribution is 5.16. The van der Waals surface area contributed by atoms with Gasteiger partial charge in [0.05, 0.1) is 0 Å². The molecule has 15 heavy (non-hydrogen) atoms. The Kier molecular flexibility index (Phi) is 9.26. The van der Waals surface area contributed by atoms with Gasteiger partial charge in [-0.2, -0.15) is 0 Å². The number of unbranched alkanes of at least 4 members (excludes halogenated alkanes) is 1. The Hall–Kier alpha value is -0.780. The van der Waals surface area contributed by atoms with Crippen LogP contribution in [-0.2, 0) is 0 Å². The summed E-state index contributed by atoms with van der Waals surface area (Å²) in [5.74, 6) is 0.704. The SMILES string of the molecule is [CH2]C(CC)CCCC.[CH2]c1ccccc1. The first-order valence-electron chi connectivity index (χ1n) is 5.90. The Bertz CT molecular complexity index is 213. The normalized spacial score (nSPS) is 11.5. The minimum atomic E-state index is 0.704. The van der Waals surface area contributed by atoms with Crippen molar-refractivity contribution in [2.45, 2.75) is 39.5 Å². The molecule has 0 fully saturated rings. The summed E-state index contributed by atoms with van der Waals surface area (Å²) in [6.45, 7) is 12.1. The van der Waals surface area contributed by atoms with Crippen LogP contribution in [0.15, 0.2) is 30.3 Å². The lowest BCUT2D eigenvalue weighted by molar-refractivity contribution is 0.537. The van der Waals surface area contributed by atoms with E-state index in [0.29, 0.717) is 5.92 Å². The standard InChI is InChI=1S/C8H17.C7H7/c1-4-6-7-8(3)5-2;1-7-5-3-2-4-6-7/h8H,3-7H2,1-2H3;2-6H,1H2. The molecule has 1 atom stereocenters. The molecule has 0 bridgehead atoms. The van der Waals surface area contributed by atoms with Crippen molar-refractivity contribution < 1.29 is 0 Å². The van der Waals surface area contributed by atoms with Gasteiger partial charge in [0.1, 0.15) is 0 Å². The fourth-order valence-electron chi connectivity index (χ4n) is 1.17. The molecule has 0 heteroatoms. The molecule has 0 amide bonds. The Balaban J connectivity index is 0.000000262. The molecule has 0 N–H and O–H groups in total. The van der Waals surface area contributed by atoms with Gasteiger partial charge in [0.15, 0.2) is 0 Å². The highest BCUT2D eigenvalue weighted by atomic mass is 14.0. The number of hydrogen-bond donors (Lipinski definition) is 0. The summed E-state index contributed by atoms with van der Waals surface area (Å²) in [7, 11) is 0. The van der Waals surface area contributed by atoms with Gasteiger partial charge >= 0.3 is 0 Å². The fraction of sp³-hybridized carbons (Fsp3) is 0.467. The molecule has 1 aromatic rings. The molecular weight excluding hydrogens is 180 g/mol. The van der Waals surface area contributed by atoms with E-state index >= 15 is 0 Å². The van der Waals surface area contributed by atoms with E-state index in [9.17, 15) is 0 Å². The average molecular weight is 204 g/mol. The van der Waals surface area contributed by atoms with Crippen LogP contribution in [0.25, 0.3) is 0 Å². The lowest BCUT2D eigenvalue weighted by atomic mass is 10.0. The summed E-state index contributed by atoms with van der Waals surface area (Å²) in [5.41, 5.74) is 1.07. The second-order valence-electron chi connectivity index (χ2n) is 3.90. The van der Waals surface area contributed by atoms with Crippen LogP contribution in [0.4, 0.5) is 0 Å². The van der Waals surface area contributed by atoms with Crippen LogP contribution in [0.3, 0.4) is 0 Å². The van der Waals surface area contributed by atoms with Crippen LogP contribution in [0, 0.1) is 19.8 Å². The molecule has 0 heterocycles. The van der Waals surface area contributed by atoms with Gasteiger partial charge in [-0.1, -0.05) is 76.8 Å². The monoisotopic (exact) mass is 204 g/mol. The lowest BCUT2D eigenvalue weighted by Crippen LogP contribution is -1.90. The quantitative estimate of drug-likeness (QED) is 0.654. The van der Waals surface area contributed by atoms with Gasteiger partial charge in [0.2, 0.25) is 0 Å². The minimum absolute atomic E-state index is 0.704. The Morgan fingerprint density at radius 3 is 2.07 bits per heavy atom. The van der Waals surface area contributed by atoms with Crippen LogP contribution in [0.2, 0.25) is 0 Å². The molecule has 0 aromatic heterocycles. The molecule has 2 radical (unpaired) electrons. The summed E-state index contributed by atoms with van der Waals surface area (Å²) in [5, 5.41) is 0. The summed E-state index contributed by atoms with van der Waals surface area (Å²) in [4.78, 5) is 0. The highest BCUT2D eigenvalue weighted by Crippen LogP contribution is 2.09. The molecule has 0 aliphatic carbocycles. The molecule has 1 rings (SSSR count). The van der Waals surface area contributed by atoms with Crippen LogP contribution < -0.4 is 0 Å². The zero-order valence-electron chi connectivity index (χ0n) is 10.2. The van der Waals surface area contributed by atoms with Crippen molar-refractivity contribution in [2.75, 3.05) is 0 Å². The van der Waals surface area contributed by atoms with Gasteiger partial charge in [-0.15, -0.1) is 0 Å². The first-order valence-corrected chi connectivity index (χ1v) is 5.90. The van der Waals surface area contributed by atoms with Gasteiger partial charge in [-0.25, -0.2) is 0 Å². The third kappa shape index (κ3) is 9.52. The summed E-state index contributed by atoms with van der Waals surface area (Å²) < 4.78 is 0. The van der Waals surface area contributed by atoms with Gasteiger partial charge in [0, 0.05) is 0 Å². The maximum atomic E-state index is 3.99. The fourth-order valence-corrected chi connectivity index (χ4v) is 1.17. The van der Waals surface area contributed by atoms with Crippen molar-refractivity contribution >= 4 is 0 Å². The summed E-state index contributed by atoms with van der Waals surface area (Å²) in [6, 6.07) is 9.87. The van der Waals surface area contributed by atoms with Gasteiger partial charge in [-0.05, 0) is 18.4 Å². The van der Waals surface area contributed by atoms with E-state index in [-0.39, 0.29) is 0 Å². The largest absolute Gasteiger partial charge is 0.0654 e. The predicted molar refractivity (Wildman–Crippen MR) is 69.6 cm³/mol. The zero-order chi connectivity index (χ0) is 11.5. The van der Waals surface area contributed by atoms with Crippen molar-refractivity contribution in [2.24, 2.45) is 5.92 Å². The highest BCUT2D eigenvalue weighted by Gasteiger charge is 1.94. The molecule has 0 saturated heterocycles. The molecule has 84 valence electrons. The molecule has 1 unspecified atom stereocenters. The maximum absolute atomic E-state index is 3.99. The molecule has 0 nitrogen and oxygen atoms in total.